The maximum absolute atomic E-state index is 13.8. The van der Waals surface area contributed by atoms with E-state index in [1.165, 1.54) is 6.07 Å². The summed E-state index contributed by atoms with van der Waals surface area (Å²) < 4.78 is 15.3. The van der Waals surface area contributed by atoms with Crippen molar-refractivity contribution >= 4 is 23.2 Å². The molecule has 1 amide bonds. The van der Waals surface area contributed by atoms with Crippen LogP contribution in [0.1, 0.15) is 22.6 Å². The molecular formula is C20H21ClFN5O. The third kappa shape index (κ3) is 4.48. The fourth-order valence-electron chi connectivity index (χ4n) is 2.88. The molecule has 0 radical (unpaired) electrons. The second-order valence-corrected chi connectivity index (χ2v) is 6.83. The summed E-state index contributed by atoms with van der Waals surface area (Å²) in [6, 6.07) is 13.8. The van der Waals surface area contributed by atoms with E-state index >= 15 is 0 Å². The van der Waals surface area contributed by atoms with Gasteiger partial charge in [0.15, 0.2) is 5.69 Å². The third-order valence-corrected chi connectivity index (χ3v) is 4.62. The Kier molecular flexibility index (Phi) is 6.26. The fraction of sp³-hybridized carbons (Fsp3) is 0.250. The van der Waals surface area contributed by atoms with Crippen LogP contribution in [0, 0.1) is 12.7 Å². The molecule has 0 aliphatic heterocycles. The molecule has 0 bridgehead atoms. The summed E-state index contributed by atoms with van der Waals surface area (Å²) in [6.45, 7) is 2.83. The molecular weight excluding hydrogens is 381 g/mol. The number of amides is 1. The van der Waals surface area contributed by atoms with Gasteiger partial charge in [-0.3, -0.25) is 4.79 Å². The van der Waals surface area contributed by atoms with Gasteiger partial charge in [-0.2, -0.15) is 0 Å². The van der Waals surface area contributed by atoms with E-state index in [1.54, 1.807) is 41.9 Å². The first-order valence-corrected chi connectivity index (χ1v) is 9.27. The van der Waals surface area contributed by atoms with Gasteiger partial charge in [-0.15, -0.1) is 5.10 Å². The van der Waals surface area contributed by atoms with E-state index in [-0.39, 0.29) is 17.4 Å². The Morgan fingerprint density at radius 2 is 2.04 bits per heavy atom. The number of aromatic nitrogens is 3. The Hall–Kier alpha value is -2.93. The molecule has 0 unspecified atom stereocenters. The Morgan fingerprint density at radius 3 is 2.79 bits per heavy atom. The van der Waals surface area contributed by atoms with Crippen molar-refractivity contribution in [2.24, 2.45) is 0 Å². The molecule has 3 aromatic rings. The zero-order valence-corrected chi connectivity index (χ0v) is 16.4. The van der Waals surface area contributed by atoms with Gasteiger partial charge in [0.05, 0.1) is 17.1 Å². The first-order chi connectivity index (χ1) is 13.5. The highest BCUT2D eigenvalue weighted by molar-refractivity contribution is 6.30. The van der Waals surface area contributed by atoms with Gasteiger partial charge in [0.25, 0.3) is 5.91 Å². The molecule has 1 N–H and O–H groups in total. The van der Waals surface area contributed by atoms with Gasteiger partial charge in [0.2, 0.25) is 0 Å². The molecule has 6 nitrogen and oxygen atoms in total. The quantitative estimate of drug-likeness (QED) is 0.614. The van der Waals surface area contributed by atoms with Crippen LogP contribution in [0.3, 0.4) is 0 Å². The van der Waals surface area contributed by atoms with Crippen LogP contribution >= 0.6 is 11.6 Å². The predicted octanol–water partition coefficient (Wildman–Crippen LogP) is 3.62. The number of hydrogen-bond donors (Lipinski definition) is 1. The normalized spacial score (nSPS) is 10.7. The summed E-state index contributed by atoms with van der Waals surface area (Å²) >= 11 is 6.01. The van der Waals surface area contributed by atoms with Crippen LogP contribution in [0.2, 0.25) is 5.02 Å². The number of rotatable bonds is 7. The maximum Gasteiger partial charge on any atom is 0.273 e. The molecule has 0 aliphatic rings. The molecule has 0 spiro atoms. The van der Waals surface area contributed by atoms with Crippen molar-refractivity contribution in [2.75, 3.05) is 25.0 Å². The highest BCUT2D eigenvalue weighted by Gasteiger charge is 2.17. The lowest BCUT2D eigenvalue weighted by Gasteiger charge is -2.19. The minimum absolute atomic E-state index is 0.262. The second kappa shape index (κ2) is 8.84. The van der Waals surface area contributed by atoms with Gasteiger partial charge in [-0.1, -0.05) is 35.0 Å². The molecule has 8 heteroatoms. The number of benzene rings is 2. The maximum atomic E-state index is 13.8. The van der Waals surface area contributed by atoms with Crippen molar-refractivity contribution in [2.45, 2.75) is 13.3 Å². The average Bonchev–Trinajstić information content (AvgIpc) is 3.07. The number of carbonyl (C=O) groups is 1. The molecule has 0 atom stereocenters. The van der Waals surface area contributed by atoms with Gasteiger partial charge in [-0.25, -0.2) is 9.07 Å². The van der Waals surface area contributed by atoms with Gasteiger partial charge < -0.3 is 10.2 Å². The predicted molar refractivity (Wildman–Crippen MR) is 108 cm³/mol. The molecule has 146 valence electrons. The van der Waals surface area contributed by atoms with Crippen LogP contribution in [0.4, 0.5) is 10.1 Å². The van der Waals surface area contributed by atoms with E-state index in [4.69, 9.17) is 11.6 Å². The Morgan fingerprint density at radius 1 is 1.25 bits per heavy atom. The van der Waals surface area contributed by atoms with Crippen LogP contribution in [0.15, 0.2) is 48.5 Å². The van der Waals surface area contributed by atoms with Crippen LogP contribution in [0.25, 0.3) is 5.69 Å². The first kappa shape index (κ1) is 19.8. The Bertz CT molecular complexity index is 975. The van der Waals surface area contributed by atoms with E-state index in [0.29, 0.717) is 35.9 Å². The Balaban J connectivity index is 1.55. The summed E-state index contributed by atoms with van der Waals surface area (Å²) in [6.07, 6.45) is 0.665. The minimum Gasteiger partial charge on any atom is -0.372 e. The van der Waals surface area contributed by atoms with E-state index in [2.05, 4.69) is 15.6 Å². The SMILES string of the molecule is Cc1c(C(=O)NCCCN(C)c2ccccc2F)nnn1-c1cccc(Cl)c1. The van der Waals surface area contributed by atoms with Crippen molar-refractivity contribution in [1.82, 2.24) is 20.3 Å². The average molecular weight is 402 g/mol. The zero-order chi connectivity index (χ0) is 20.1. The largest absolute Gasteiger partial charge is 0.372 e. The highest BCUT2D eigenvalue weighted by atomic mass is 35.5. The van der Waals surface area contributed by atoms with E-state index in [1.807, 2.05) is 24.1 Å². The minimum atomic E-state index is -0.292. The van der Waals surface area contributed by atoms with Crippen molar-refractivity contribution < 1.29 is 9.18 Å². The molecule has 1 heterocycles. The van der Waals surface area contributed by atoms with Crippen LogP contribution in [-0.2, 0) is 0 Å². The Labute approximate surface area is 167 Å². The van der Waals surface area contributed by atoms with Crippen molar-refractivity contribution in [3.8, 4) is 5.69 Å². The molecule has 3 rings (SSSR count). The topological polar surface area (TPSA) is 63.1 Å². The lowest BCUT2D eigenvalue weighted by atomic mass is 10.2. The van der Waals surface area contributed by atoms with Gasteiger partial charge in [0, 0.05) is 25.2 Å². The van der Waals surface area contributed by atoms with Crippen molar-refractivity contribution in [3.05, 3.63) is 70.8 Å². The number of para-hydroxylation sites is 1. The van der Waals surface area contributed by atoms with Crippen LogP contribution < -0.4 is 10.2 Å². The van der Waals surface area contributed by atoms with Crippen molar-refractivity contribution in [1.29, 1.82) is 0 Å². The summed E-state index contributed by atoms with van der Waals surface area (Å²) in [7, 11) is 1.82. The molecule has 0 saturated heterocycles. The molecule has 0 aliphatic carbocycles. The van der Waals surface area contributed by atoms with Gasteiger partial charge in [0.1, 0.15) is 5.82 Å². The molecule has 0 fully saturated rings. The number of anilines is 1. The molecule has 2 aromatic carbocycles. The number of carbonyl (C=O) groups excluding carboxylic acids is 1. The van der Waals surface area contributed by atoms with E-state index in [9.17, 15) is 9.18 Å². The van der Waals surface area contributed by atoms with E-state index < -0.39 is 0 Å². The van der Waals surface area contributed by atoms with Gasteiger partial charge >= 0.3 is 0 Å². The summed E-state index contributed by atoms with van der Waals surface area (Å²) in [5.41, 5.74) is 2.17. The molecule has 0 saturated carbocycles. The number of nitrogens with one attached hydrogen (secondary N) is 1. The number of nitrogens with zero attached hydrogens (tertiary/aromatic N) is 4. The van der Waals surface area contributed by atoms with Gasteiger partial charge in [-0.05, 0) is 43.7 Å². The number of hydrogen-bond acceptors (Lipinski definition) is 4. The fourth-order valence-corrected chi connectivity index (χ4v) is 3.06. The highest BCUT2D eigenvalue weighted by Crippen LogP contribution is 2.18. The summed E-state index contributed by atoms with van der Waals surface area (Å²) in [5.74, 6) is -0.554. The smallest absolute Gasteiger partial charge is 0.273 e. The summed E-state index contributed by atoms with van der Waals surface area (Å²) in [4.78, 5) is 14.2. The monoisotopic (exact) mass is 401 g/mol. The molecule has 1 aromatic heterocycles. The first-order valence-electron chi connectivity index (χ1n) is 8.89. The zero-order valence-electron chi connectivity index (χ0n) is 15.7. The molecule has 28 heavy (non-hydrogen) atoms. The lowest BCUT2D eigenvalue weighted by Crippen LogP contribution is -2.29. The second-order valence-electron chi connectivity index (χ2n) is 6.40. The standard InChI is InChI=1S/C20H21ClFN5O/c1-14-19(24-25-27(14)16-8-5-7-15(21)13-16)20(28)23-11-6-12-26(2)18-10-4-3-9-17(18)22/h3-5,7-10,13H,6,11-12H2,1-2H3,(H,23,28). The van der Waals surface area contributed by atoms with Crippen LogP contribution in [-0.4, -0.2) is 41.0 Å². The van der Waals surface area contributed by atoms with Crippen molar-refractivity contribution in [3.63, 3.8) is 0 Å². The lowest BCUT2D eigenvalue weighted by molar-refractivity contribution is 0.0947. The van der Waals surface area contributed by atoms with Crippen LogP contribution in [0.5, 0.6) is 0 Å². The van der Waals surface area contributed by atoms with E-state index in [0.717, 1.165) is 5.69 Å². The summed E-state index contributed by atoms with van der Waals surface area (Å²) in [5, 5.41) is 11.5. The third-order valence-electron chi connectivity index (χ3n) is 4.38. The number of halogens is 2.